The van der Waals surface area contributed by atoms with Crippen molar-refractivity contribution < 1.29 is 4.74 Å². The lowest BCUT2D eigenvalue weighted by molar-refractivity contribution is 0.301. The van der Waals surface area contributed by atoms with E-state index in [0.29, 0.717) is 13.2 Å². The molecule has 1 aromatic heterocycles. The Kier molecular flexibility index (Phi) is 3.89. The lowest BCUT2D eigenvalue weighted by Crippen LogP contribution is -2.13. The van der Waals surface area contributed by atoms with E-state index in [1.54, 1.807) is 0 Å². The molecule has 0 bridgehead atoms. The summed E-state index contributed by atoms with van der Waals surface area (Å²) in [5, 5.41) is 2.32. The predicted octanol–water partition coefficient (Wildman–Crippen LogP) is 3.73. The molecule has 0 unspecified atom stereocenters. The van der Waals surface area contributed by atoms with Gasteiger partial charge in [0.25, 0.3) is 0 Å². The predicted molar refractivity (Wildman–Crippen MR) is 97.1 cm³/mol. The number of fused-ring (bicyclic) bond motifs is 2. The Morgan fingerprint density at radius 3 is 2.62 bits per heavy atom. The minimum atomic E-state index is 0.420. The maximum atomic E-state index is 6.05. The first-order chi connectivity index (χ1) is 11.9. The SMILES string of the molecule is NCc1nc2ccccc2n1CCOc1cccc2ccccc12. The summed E-state index contributed by atoms with van der Waals surface area (Å²) in [6, 6.07) is 22.5. The normalized spacial score (nSPS) is 11.2. The smallest absolute Gasteiger partial charge is 0.127 e. The number of para-hydroxylation sites is 2. The second kappa shape index (κ2) is 6.34. The highest BCUT2D eigenvalue weighted by molar-refractivity contribution is 5.88. The fraction of sp³-hybridized carbons (Fsp3) is 0.150. The van der Waals surface area contributed by atoms with Crippen molar-refractivity contribution in [3.63, 3.8) is 0 Å². The lowest BCUT2D eigenvalue weighted by atomic mass is 10.1. The summed E-state index contributed by atoms with van der Waals surface area (Å²) in [4.78, 5) is 4.59. The number of nitrogens with zero attached hydrogens (tertiary/aromatic N) is 2. The molecule has 4 nitrogen and oxygen atoms in total. The summed E-state index contributed by atoms with van der Waals surface area (Å²) >= 11 is 0. The number of hydrogen-bond donors (Lipinski definition) is 1. The molecule has 0 saturated carbocycles. The molecule has 1 heterocycles. The molecule has 0 fully saturated rings. The number of hydrogen-bond acceptors (Lipinski definition) is 3. The molecule has 24 heavy (non-hydrogen) atoms. The van der Waals surface area contributed by atoms with Crippen LogP contribution in [0.15, 0.2) is 66.7 Å². The van der Waals surface area contributed by atoms with Crippen LogP contribution in [0, 0.1) is 0 Å². The quantitative estimate of drug-likeness (QED) is 0.610. The molecule has 0 radical (unpaired) electrons. The minimum absolute atomic E-state index is 0.420. The highest BCUT2D eigenvalue weighted by Crippen LogP contribution is 2.25. The van der Waals surface area contributed by atoms with Crippen molar-refractivity contribution >= 4 is 21.8 Å². The van der Waals surface area contributed by atoms with Crippen molar-refractivity contribution in [2.75, 3.05) is 6.61 Å². The average Bonchev–Trinajstić information content (AvgIpc) is 3.00. The van der Waals surface area contributed by atoms with Gasteiger partial charge in [-0.15, -0.1) is 0 Å². The van der Waals surface area contributed by atoms with Crippen LogP contribution in [0.3, 0.4) is 0 Å². The van der Waals surface area contributed by atoms with Gasteiger partial charge in [0.15, 0.2) is 0 Å². The van der Waals surface area contributed by atoms with Gasteiger partial charge in [-0.05, 0) is 23.6 Å². The molecular formula is C20H19N3O. The van der Waals surface area contributed by atoms with Crippen LogP contribution in [0.5, 0.6) is 5.75 Å². The highest BCUT2D eigenvalue weighted by atomic mass is 16.5. The molecule has 4 heteroatoms. The molecule has 0 aliphatic carbocycles. The van der Waals surface area contributed by atoms with Crippen molar-refractivity contribution in [1.29, 1.82) is 0 Å². The van der Waals surface area contributed by atoms with E-state index >= 15 is 0 Å². The van der Waals surface area contributed by atoms with Crippen LogP contribution in [0.4, 0.5) is 0 Å². The third-order valence-electron chi connectivity index (χ3n) is 4.24. The Balaban J connectivity index is 1.57. The van der Waals surface area contributed by atoms with Crippen molar-refractivity contribution in [1.82, 2.24) is 9.55 Å². The van der Waals surface area contributed by atoms with Gasteiger partial charge in [-0.3, -0.25) is 0 Å². The molecule has 2 N–H and O–H groups in total. The van der Waals surface area contributed by atoms with Crippen molar-refractivity contribution in [3.05, 3.63) is 72.6 Å². The average molecular weight is 317 g/mol. The molecule has 3 aromatic carbocycles. The van der Waals surface area contributed by atoms with Gasteiger partial charge >= 0.3 is 0 Å². The molecule has 0 spiro atoms. The number of rotatable bonds is 5. The molecule has 0 saturated heterocycles. The number of imidazole rings is 1. The minimum Gasteiger partial charge on any atom is -0.491 e. The van der Waals surface area contributed by atoms with E-state index in [4.69, 9.17) is 10.5 Å². The summed E-state index contributed by atoms with van der Waals surface area (Å²) in [5.41, 5.74) is 7.92. The molecule has 0 amide bonds. The Hall–Kier alpha value is -2.85. The Morgan fingerprint density at radius 2 is 1.71 bits per heavy atom. The first kappa shape index (κ1) is 14.7. The Labute approximate surface area is 140 Å². The molecule has 120 valence electrons. The van der Waals surface area contributed by atoms with E-state index in [1.807, 2.05) is 42.5 Å². The van der Waals surface area contributed by atoms with Crippen LogP contribution in [-0.4, -0.2) is 16.2 Å². The monoisotopic (exact) mass is 317 g/mol. The van der Waals surface area contributed by atoms with Gasteiger partial charge in [0.05, 0.1) is 24.1 Å². The zero-order valence-corrected chi connectivity index (χ0v) is 13.4. The largest absolute Gasteiger partial charge is 0.491 e. The fourth-order valence-corrected chi connectivity index (χ4v) is 3.10. The fourth-order valence-electron chi connectivity index (χ4n) is 3.10. The van der Waals surface area contributed by atoms with Crippen LogP contribution < -0.4 is 10.5 Å². The van der Waals surface area contributed by atoms with Crippen LogP contribution >= 0.6 is 0 Å². The van der Waals surface area contributed by atoms with Crippen molar-refractivity contribution in [2.24, 2.45) is 5.73 Å². The summed E-state index contributed by atoms with van der Waals surface area (Å²) < 4.78 is 8.19. The summed E-state index contributed by atoms with van der Waals surface area (Å²) in [6.45, 7) is 1.71. The van der Waals surface area contributed by atoms with Gasteiger partial charge in [0.1, 0.15) is 18.2 Å². The molecule has 0 atom stereocenters. The first-order valence-corrected chi connectivity index (χ1v) is 8.11. The van der Waals surface area contributed by atoms with E-state index in [9.17, 15) is 0 Å². The van der Waals surface area contributed by atoms with E-state index < -0.39 is 0 Å². The van der Waals surface area contributed by atoms with E-state index in [1.165, 1.54) is 5.39 Å². The van der Waals surface area contributed by atoms with Gasteiger partial charge in [-0.2, -0.15) is 0 Å². The van der Waals surface area contributed by atoms with E-state index in [2.05, 4.69) is 33.8 Å². The molecule has 4 rings (SSSR count). The van der Waals surface area contributed by atoms with Crippen LogP contribution in [0.25, 0.3) is 21.8 Å². The zero-order valence-electron chi connectivity index (χ0n) is 13.4. The zero-order chi connectivity index (χ0) is 16.4. The highest BCUT2D eigenvalue weighted by Gasteiger charge is 2.09. The van der Waals surface area contributed by atoms with Gasteiger partial charge < -0.3 is 15.0 Å². The molecular weight excluding hydrogens is 298 g/mol. The number of benzene rings is 3. The van der Waals surface area contributed by atoms with Gasteiger partial charge in [0.2, 0.25) is 0 Å². The summed E-state index contributed by atoms with van der Waals surface area (Å²) in [6.07, 6.45) is 0. The Morgan fingerprint density at radius 1 is 0.917 bits per heavy atom. The molecule has 0 aliphatic heterocycles. The maximum Gasteiger partial charge on any atom is 0.127 e. The summed E-state index contributed by atoms with van der Waals surface area (Å²) in [5.74, 6) is 1.80. The van der Waals surface area contributed by atoms with Crippen LogP contribution in [0.1, 0.15) is 5.82 Å². The summed E-state index contributed by atoms with van der Waals surface area (Å²) in [7, 11) is 0. The van der Waals surface area contributed by atoms with Gasteiger partial charge in [0, 0.05) is 5.39 Å². The molecule has 4 aromatic rings. The van der Waals surface area contributed by atoms with Crippen LogP contribution in [0.2, 0.25) is 0 Å². The van der Waals surface area contributed by atoms with Gasteiger partial charge in [-0.1, -0.05) is 48.5 Å². The topological polar surface area (TPSA) is 53.1 Å². The number of ether oxygens (including phenoxy) is 1. The first-order valence-electron chi connectivity index (χ1n) is 8.11. The standard InChI is InChI=1S/C20H19N3O/c21-14-20-22-17-9-3-4-10-18(17)23(20)12-13-24-19-11-5-7-15-6-1-2-8-16(15)19/h1-11H,12-14,21H2. The van der Waals surface area contributed by atoms with Crippen LogP contribution in [-0.2, 0) is 13.1 Å². The second-order valence-corrected chi connectivity index (χ2v) is 5.70. The van der Waals surface area contributed by atoms with Crippen molar-refractivity contribution in [3.8, 4) is 5.75 Å². The van der Waals surface area contributed by atoms with E-state index in [-0.39, 0.29) is 0 Å². The second-order valence-electron chi connectivity index (χ2n) is 5.70. The third-order valence-corrected chi connectivity index (χ3v) is 4.24. The number of nitrogens with two attached hydrogens (primary N) is 1. The van der Waals surface area contributed by atoms with E-state index in [0.717, 1.165) is 34.5 Å². The number of aromatic nitrogens is 2. The van der Waals surface area contributed by atoms with Gasteiger partial charge in [-0.25, -0.2) is 4.98 Å². The van der Waals surface area contributed by atoms with Crippen molar-refractivity contribution in [2.45, 2.75) is 13.1 Å². The third kappa shape index (κ3) is 2.61. The Bertz CT molecular complexity index is 985. The lowest BCUT2D eigenvalue weighted by Gasteiger charge is -2.12. The maximum absolute atomic E-state index is 6.05. The molecule has 0 aliphatic rings.